The first kappa shape index (κ1) is 12.0. The number of rotatable bonds is 4. The maximum atomic E-state index is 11.1. The zero-order chi connectivity index (χ0) is 13.0. The van der Waals surface area contributed by atoms with Crippen molar-refractivity contribution in [3.8, 4) is 5.75 Å². The van der Waals surface area contributed by atoms with Crippen LogP contribution in [-0.4, -0.2) is 18.2 Å². The molecule has 0 radical (unpaired) electrons. The van der Waals surface area contributed by atoms with Crippen molar-refractivity contribution in [2.24, 2.45) is 0 Å². The molecular weight excluding hydrogens is 230 g/mol. The lowest BCUT2D eigenvalue weighted by molar-refractivity contribution is 0.0698. The summed E-state index contributed by atoms with van der Waals surface area (Å²) in [6.07, 6.45) is 0. The van der Waals surface area contributed by atoms with Crippen LogP contribution in [0.5, 0.6) is 5.75 Å². The van der Waals surface area contributed by atoms with Crippen molar-refractivity contribution in [2.75, 3.05) is 12.4 Å². The molecule has 0 unspecified atom stereocenters. The highest BCUT2D eigenvalue weighted by atomic mass is 16.5. The minimum absolute atomic E-state index is 0.236. The molecule has 0 bridgehead atoms. The lowest BCUT2D eigenvalue weighted by Gasteiger charge is -2.10. The fourth-order valence-corrected chi connectivity index (χ4v) is 1.63. The van der Waals surface area contributed by atoms with Crippen LogP contribution >= 0.6 is 0 Å². The van der Waals surface area contributed by atoms with E-state index < -0.39 is 5.97 Å². The van der Waals surface area contributed by atoms with Crippen molar-refractivity contribution in [1.29, 1.82) is 0 Å². The lowest BCUT2D eigenvalue weighted by atomic mass is 10.1. The highest BCUT2D eigenvalue weighted by Crippen LogP contribution is 2.23. The van der Waals surface area contributed by atoms with Gasteiger partial charge in [-0.05, 0) is 24.3 Å². The minimum atomic E-state index is -0.957. The number of benzene rings is 2. The van der Waals surface area contributed by atoms with Crippen LogP contribution in [0.1, 0.15) is 10.4 Å². The third-order valence-corrected chi connectivity index (χ3v) is 2.51. The van der Waals surface area contributed by atoms with Crippen LogP contribution in [0.4, 0.5) is 11.4 Å². The number of carbonyl (C=O) groups is 1. The van der Waals surface area contributed by atoms with Crippen molar-refractivity contribution in [2.45, 2.75) is 0 Å². The summed E-state index contributed by atoms with van der Waals surface area (Å²) >= 11 is 0. The van der Waals surface area contributed by atoms with Crippen molar-refractivity contribution in [3.05, 3.63) is 54.1 Å². The molecule has 2 aromatic carbocycles. The van der Waals surface area contributed by atoms with Gasteiger partial charge in [-0.2, -0.15) is 0 Å². The number of methoxy groups -OCH3 is 1. The Morgan fingerprint density at radius 3 is 2.67 bits per heavy atom. The Bertz CT molecular complexity index is 566. The van der Waals surface area contributed by atoms with E-state index in [1.807, 2.05) is 18.2 Å². The molecule has 0 aliphatic carbocycles. The topological polar surface area (TPSA) is 58.6 Å². The average molecular weight is 243 g/mol. The fourth-order valence-electron chi connectivity index (χ4n) is 1.63. The molecule has 0 fully saturated rings. The molecule has 18 heavy (non-hydrogen) atoms. The largest absolute Gasteiger partial charge is 0.497 e. The van der Waals surface area contributed by atoms with Gasteiger partial charge in [-0.1, -0.05) is 18.2 Å². The Morgan fingerprint density at radius 2 is 1.94 bits per heavy atom. The van der Waals surface area contributed by atoms with Gasteiger partial charge in [-0.15, -0.1) is 0 Å². The molecular formula is C14H13NO3. The zero-order valence-corrected chi connectivity index (χ0v) is 9.88. The smallest absolute Gasteiger partial charge is 0.337 e. The van der Waals surface area contributed by atoms with E-state index in [2.05, 4.69) is 5.32 Å². The fraction of sp³-hybridized carbons (Fsp3) is 0.0714. The van der Waals surface area contributed by atoms with Crippen LogP contribution < -0.4 is 10.1 Å². The van der Waals surface area contributed by atoms with Crippen molar-refractivity contribution >= 4 is 17.3 Å². The second-order valence-corrected chi connectivity index (χ2v) is 3.71. The summed E-state index contributed by atoms with van der Waals surface area (Å²) in [7, 11) is 1.59. The maximum absolute atomic E-state index is 11.1. The summed E-state index contributed by atoms with van der Waals surface area (Å²) in [6.45, 7) is 0. The van der Waals surface area contributed by atoms with Gasteiger partial charge in [0.05, 0.1) is 18.4 Å². The summed E-state index contributed by atoms with van der Waals surface area (Å²) in [6, 6.07) is 14.1. The molecule has 4 nitrogen and oxygen atoms in total. The highest BCUT2D eigenvalue weighted by molar-refractivity contribution is 5.95. The predicted molar refractivity (Wildman–Crippen MR) is 69.7 cm³/mol. The van der Waals surface area contributed by atoms with Gasteiger partial charge in [0.25, 0.3) is 0 Å². The number of hydrogen-bond donors (Lipinski definition) is 2. The molecule has 0 saturated heterocycles. The SMILES string of the molecule is COc1cccc(Nc2ccccc2C(=O)O)c1. The molecule has 0 amide bonds. The molecule has 0 heterocycles. The average Bonchev–Trinajstić information content (AvgIpc) is 2.39. The van der Waals surface area contributed by atoms with Crippen LogP contribution in [0.3, 0.4) is 0 Å². The van der Waals surface area contributed by atoms with Crippen molar-refractivity contribution < 1.29 is 14.6 Å². The van der Waals surface area contributed by atoms with Crippen molar-refractivity contribution in [1.82, 2.24) is 0 Å². The number of nitrogens with one attached hydrogen (secondary N) is 1. The van der Waals surface area contributed by atoms with Gasteiger partial charge >= 0.3 is 5.97 Å². The van der Waals surface area contributed by atoms with Gasteiger partial charge in [0.1, 0.15) is 5.75 Å². The second-order valence-electron chi connectivity index (χ2n) is 3.71. The second kappa shape index (κ2) is 5.23. The summed E-state index contributed by atoms with van der Waals surface area (Å²) in [5.74, 6) is -0.242. The lowest BCUT2D eigenvalue weighted by Crippen LogP contribution is -2.02. The van der Waals surface area contributed by atoms with Gasteiger partial charge in [0.2, 0.25) is 0 Å². The first-order chi connectivity index (χ1) is 8.70. The van der Waals surface area contributed by atoms with Crippen LogP contribution in [0, 0.1) is 0 Å². The summed E-state index contributed by atoms with van der Waals surface area (Å²) in [5, 5.41) is 12.1. The molecule has 0 saturated carbocycles. The quantitative estimate of drug-likeness (QED) is 0.866. The van der Waals surface area contributed by atoms with E-state index in [-0.39, 0.29) is 5.56 Å². The normalized spacial score (nSPS) is 9.83. The van der Waals surface area contributed by atoms with E-state index in [4.69, 9.17) is 9.84 Å². The molecule has 0 aromatic heterocycles. The number of aromatic carboxylic acids is 1. The van der Waals surface area contributed by atoms with Gasteiger partial charge in [-0.3, -0.25) is 0 Å². The molecule has 4 heteroatoms. The highest BCUT2D eigenvalue weighted by Gasteiger charge is 2.08. The summed E-state index contributed by atoms with van der Waals surface area (Å²) in [4.78, 5) is 11.1. The third kappa shape index (κ3) is 2.60. The Kier molecular flexibility index (Phi) is 3.48. The Hall–Kier alpha value is -2.49. The number of para-hydroxylation sites is 1. The van der Waals surface area contributed by atoms with Gasteiger partial charge in [0, 0.05) is 11.8 Å². The Labute approximate surface area is 105 Å². The Balaban J connectivity index is 2.31. The van der Waals surface area contributed by atoms with E-state index in [1.54, 1.807) is 37.4 Å². The molecule has 2 N–H and O–H groups in total. The number of carboxylic acid groups (broad SMARTS) is 1. The standard InChI is InChI=1S/C14H13NO3/c1-18-11-6-4-5-10(9-11)15-13-8-3-2-7-12(13)14(16)17/h2-9,15H,1H3,(H,16,17). The van der Waals surface area contributed by atoms with Crippen LogP contribution in [0.15, 0.2) is 48.5 Å². The van der Waals surface area contributed by atoms with Gasteiger partial charge < -0.3 is 15.2 Å². The number of anilines is 2. The molecule has 0 aliphatic rings. The van der Waals surface area contributed by atoms with E-state index in [0.717, 1.165) is 5.69 Å². The zero-order valence-electron chi connectivity index (χ0n) is 9.88. The van der Waals surface area contributed by atoms with Crippen LogP contribution in [0.2, 0.25) is 0 Å². The van der Waals surface area contributed by atoms with Crippen LogP contribution in [0.25, 0.3) is 0 Å². The predicted octanol–water partition coefficient (Wildman–Crippen LogP) is 3.14. The molecule has 0 aliphatic heterocycles. The Morgan fingerprint density at radius 1 is 1.17 bits per heavy atom. The third-order valence-electron chi connectivity index (χ3n) is 2.51. The summed E-state index contributed by atoms with van der Waals surface area (Å²) in [5.41, 5.74) is 1.57. The molecule has 92 valence electrons. The first-order valence-electron chi connectivity index (χ1n) is 5.44. The molecule has 2 rings (SSSR count). The van der Waals surface area contributed by atoms with Crippen LogP contribution in [-0.2, 0) is 0 Å². The van der Waals surface area contributed by atoms with E-state index in [1.165, 1.54) is 0 Å². The number of ether oxygens (including phenoxy) is 1. The number of hydrogen-bond acceptors (Lipinski definition) is 3. The van der Waals surface area contributed by atoms with Gasteiger partial charge in [-0.25, -0.2) is 4.79 Å². The molecule has 0 atom stereocenters. The maximum Gasteiger partial charge on any atom is 0.337 e. The molecule has 2 aromatic rings. The summed E-state index contributed by atoms with van der Waals surface area (Å²) < 4.78 is 5.11. The number of carboxylic acids is 1. The monoisotopic (exact) mass is 243 g/mol. The van der Waals surface area contributed by atoms with E-state index in [0.29, 0.717) is 11.4 Å². The molecule has 0 spiro atoms. The van der Waals surface area contributed by atoms with Gasteiger partial charge in [0.15, 0.2) is 0 Å². The minimum Gasteiger partial charge on any atom is -0.497 e. The van der Waals surface area contributed by atoms with E-state index >= 15 is 0 Å². The first-order valence-corrected chi connectivity index (χ1v) is 5.44. The van der Waals surface area contributed by atoms with E-state index in [9.17, 15) is 4.79 Å². The van der Waals surface area contributed by atoms with Crippen molar-refractivity contribution in [3.63, 3.8) is 0 Å².